The molecule has 4 rings (SSSR count). The third-order valence-corrected chi connectivity index (χ3v) is 11.4. The molecule has 1 heterocycles. The summed E-state index contributed by atoms with van der Waals surface area (Å²) in [6.07, 6.45) is 0.786. The number of carbonyl (C=O) groups is 1. The first-order chi connectivity index (χ1) is 25.8. The highest BCUT2D eigenvalue weighted by molar-refractivity contribution is 7.51. The first-order valence-electron chi connectivity index (χ1n) is 18.0. The van der Waals surface area contributed by atoms with Crippen LogP contribution in [0.4, 0.5) is 0 Å². The van der Waals surface area contributed by atoms with Crippen LogP contribution >= 0.6 is 7.75 Å². The Morgan fingerprint density at radius 3 is 2.06 bits per heavy atom. The van der Waals surface area contributed by atoms with Crippen molar-refractivity contribution in [2.45, 2.75) is 84.3 Å². The Morgan fingerprint density at radius 1 is 0.944 bits per heavy atom. The molecule has 1 aromatic heterocycles. The van der Waals surface area contributed by atoms with Gasteiger partial charge in [-0.1, -0.05) is 72.8 Å². The molecular formula is C40H51N6O7P. The predicted octanol–water partition coefficient (Wildman–Crippen LogP) is 5.83. The molecule has 1 amide bonds. The molecule has 4 aromatic rings. The van der Waals surface area contributed by atoms with Crippen LogP contribution < -0.4 is 26.6 Å². The van der Waals surface area contributed by atoms with Gasteiger partial charge in [0.25, 0.3) is 5.56 Å². The minimum Gasteiger partial charge on any atom is -0.497 e. The summed E-state index contributed by atoms with van der Waals surface area (Å²) in [4.78, 5) is 40.1. The highest BCUT2D eigenvalue weighted by atomic mass is 31.2. The second-order valence-corrected chi connectivity index (χ2v) is 15.3. The molecule has 0 fully saturated rings. The zero-order valence-electron chi connectivity index (χ0n) is 31.8. The number of benzene rings is 3. The molecule has 0 saturated carbocycles. The summed E-state index contributed by atoms with van der Waals surface area (Å²) >= 11 is 0. The van der Waals surface area contributed by atoms with Gasteiger partial charge in [-0.05, 0) is 82.8 Å². The van der Waals surface area contributed by atoms with E-state index in [0.717, 1.165) is 27.0 Å². The molecule has 0 spiro atoms. The molecule has 54 heavy (non-hydrogen) atoms. The lowest BCUT2D eigenvalue weighted by molar-refractivity contribution is -0.124. The van der Waals surface area contributed by atoms with Crippen molar-refractivity contribution in [3.63, 3.8) is 0 Å². The van der Waals surface area contributed by atoms with E-state index in [-0.39, 0.29) is 37.1 Å². The second-order valence-electron chi connectivity index (χ2n) is 13.4. The maximum Gasteiger partial charge on any atom is 0.410 e. The van der Waals surface area contributed by atoms with E-state index in [1.807, 2.05) is 94.4 Å². The first-order valence-corrected chi connectivity index (χ1v) is 19.5. The summed E-state index contributed by atoms with van der Waals surface area (Å²) in [7, 11) is -2.48. The molecule has 0 aliphatic carbocycles. The Balaban J connectivity index is 1.68. The number of carbonyl (C=O) groups excluding carboxylic acids is 1. The summed E-state index contributed by atoms with van der Waals surface area (Å²) < 4.78 is 35.0. The number of rotatable bonds is 20. The SMILES string of the molecule is COc1ccc(C(NCCCC(NC(=O)Cn2cc(C)c(=O)[nH]c2=O)OP(=O)(OCCC#N)N(C(C)C)C(C)C)(c2ccccc2)c2ccccc2)cc1. The van der Waals surface area contributed by atoms with Gasteiger partial charge in [-0.25, -0.2) is 14.0 Å². The zero-order chi connectivity index (χ0) is 39.3. The van der Waals surface area contributed by atoms with Crippen LogP contribution in [0.1, 0.15) is 69.2 Å². The van der Waals surface area contributed by atoms with Gasteiger partial charge in [0.1, 0.15) is 18.5 Å². The molecular weight excluding hydrogens is 707 g/mol. The van der Waals surface area contributed by atoms with Crippen LogP contribution in [0.2, 0.25) is 0 Å². The van der Waals surface area contributed by atoms with Gasteiger partial charge in [0.05, 0.1) is 31.7 Å². The van der Waals surface area contributed by atoms with Gasteiger partial charge in [0.15, 0.2) is 0 Å². The van der Waals surface area contributed by atoms with Gasteiger partial charge in [-0.2, -0.15) is 5.26 Å². The summed E-state index contributed by atoms with van der Waals surface area (Å²) in [5.41, 5.74) is 1.17. The average molecular weight is 759 g/mol. The lowest BCUT2D eigenvalue weighted by Gasteiger charge is -2.38. The van der Waals surface area contributed by atoms with E-state index in [4.69, 9.17) is 13.8 Å². The minimum absolute atomic E-state index is 0.0147. The van der Waals surface area contributed by atoms with Crippen LogP contribution in [0.25, 0.3) is 0 Å². The number of H-pyrrole nitrogens is 1. The van der Waals surface area contributed by atoms with E-state index in [1.165, 1.54) is 13.1 Å². The van der Waals surface area contributed by atoms with Crippen LogP contribution in [-0.4, -0.2) is 58.7 Å². The summed E-state index contributed by atoms with van der Waals surface area (Å²) in [6, 6.07) is 29.5. The number of amides is 1. The van der Waals surface area contributed by atoms with Crippen molar-refractivity contribution in [1.82, 2.24) is 24.9 Å². The van der Waals surface area contributed by atoms with Gasteiger partial charge in [0, 0.05) is 23.8 Å². The normalized spacial score (nSPS) is 13.4. The highest BCUT2D eigenvalue weighted by Gasteiger charge is 2.41. The fourth-order valence-electron chi connectivity index (χ4n) is 6.53. The minimum atomic E-state index is -4.10. The van der Waals surface area contributed by atoms with E-state index in [0.29, 0.717) is 13.0 Å². The molecule has 0 radical (unpaired) electrons. The summed E-state index contributed by atoms with van der Waals surface area (Å²) in [5, 5.41) is 15.8. The number of aryl methyl sites for hydroxylation is 1. The Hall–Kier alpha value is -4.83. The standard InChI is InChI=1S/C40H51N6O7P/c1-29(2)46(30(3)4)54(50,52-26-14-24-41)53-37(43-36(47)28-45-27-31(5)38(48)44-39(45)49)19-13-25-42-40(32-15-9-7-10-16-32,33-17-11-8-12-18-33)34-20-22-35(51-6)23-21-34/h7-12,15-18,20-23,27,29-30,37,42H,13-14,19,25-26,28H2,1-6H3,(H,43,47)(H,44,48,49). The van der Waals surface area contributed by atoms with Crippen molar-refractivity contribution in [2.75, 3.05) is 20.3 Å². The van der Waals surface area contributed by atoms with Crippen molar-refractivity contribution < 1.29 is 23.1 Å². The number of aromatic amines is 1. The highest BCUT2D eigenvalue weighted by Crippen LogP contribution is 2.55. The monoisotopic (exact) mass is 758 g/mol. The van der Waals surface area contributed by atoms with Crippen LogP contribution in [-0.2, 0) is 30.5 Å². The summed E-state index contributed by atoms with van der Waals surface area (Å²) in [5.74, 6) is 0.119. The van der Waals surface area contributed by atoms with Gasteiger partial charge in [-0.3, -0.25) is 33.5 Å². The number of nitriles is 1. The van der Waals surface area contributed by atoms with Crippen molar-refractivity contribution in [3.8, 4) is 11.8 Å². The van der Waals surface area contributed by atoms with Crippen LogP contribution in [0.15, 0.2) is 101 Å². The largest absolute Gasteiger partial charge is 0.497 e. The number of hydrogen-bond acceptors (Lipinski definition) is 9. The number of nitrogens with zero attached hydrogens (tertiary/aromatic N) is 3. The number of aromatic nitrogens is 2. The molecule has 13 nitrogen and oxygen atoms in total. The predicted molar refractivity (Wildman–Crippen MR) is 208 cm³/mol. The third-order valence-electron chi connectivity index (χ3n) is 8.86. The molecule has 2 unspecified atom stereocenters. The quantitative estimate of drug-likeness (QED) is 0.0432. The maximum atomic E-state index is 14.7. The molecule has 3 N–H and O–H groups in total. The van der Waals surface area contributed by atoms with Crippen LogP contribution in [0.5, 0.6) is 5.75 Å². The molecule has 2 atom stereocenters. The van der Waals surface area contributed by atoms with Gasteiger partial charge in [0.2, 0.25) is 5.91 Å². The van der Waals surface area contributed by atoms with E-state index in [2.05, 4.69) is 39.9 Å². The Morgan fingerprint density at radius 2 is 1.52 bits per heavy atom. The number of ether oxygens (including phenoxy) is 1. The lowest BCUT2D eigenvalue weighted by atomic mass is 9.77. The molecule has 288 valence electrons. The number of hydrogen-bond donors (Lipinski definition) is 3. The van der Waals surface area contributed by atoms with Crippen molar-refractivity contribution >= 4 is 13.7 Å². The maximum absolute atomic E-state index is 14.7. The van der Waals surface area contributed by atoms with Crippen molar-refractivity contribution in [2.24, 2.45) is 0 Å². The van der Waals surface area contributed by atoms with Crippen LogP contribution in [0, 0.1) is 18.3 Å². The fourth-order valence-corrected chi connectivity index (χ4v) is 8.77. The van der Waals surface area contributed by atoms with Gasteiger partial charge < -0.3 is 10.1 Å². The zero-order valence-corrected chi connectivity index (χ0v) is 32.7. The topological polar surface area (TPSA) is 168 Å². The smallest absolute Gasteiger partial charge is 0.410 e. The van der Waals surface area contributed by atoms with E-state index in [1.54, 1.807) is 11.8 Å². The first kappa shape index (κ1) is 41.9. The van der Waals surface area contributed by atoms with Crippen LogP contribution in [0.3, 0.4) is 0 Å². The third kappa shape index (κ3) is 10.4. The Labute approximate surface area is 316 Å². The van der Waals surface area contributed by atoms with Crippen molar-refractivity contribution in [3.05, 3.63) is 134 Å². The average Bonchev–Trinajstić information content (AvgIpc) is 3.14. The lowest BCUT2D eigenvalue weighted by Crippen LogP contribution is -2.46. The number of nitrogens with one attached hydrogen (secondary N) is 3. The molecule has 0 bridgehead atoms. The molecule has 3 aromatic carbocycles. The molecule has 0 saturated heterocycles. The fraction of sp³-hybridized carbons (Fsp3) is 0.400. The van der Waals surface area contributed by atoms with E-state index < -0.39 is 43.2 Å². The van der Waals surface area contributed by atoms with Crippen molar-refractivity contribution in [1.29, 1.82) is 5.26 Å². The van der Waals surface area contributed by atoms with Gasteiger partial charge >= 0.3 is 13.4 Å². The van der Waals surface area contributed by atoms with E-state index >= 15 is 0 Å². The van der Waals surface area contributed by atoms with Gasteiger partial charge in [-0.15, -0.1) is 0 Å². The molecule has 14 heteroatoms. The molecule has 0 aliphatic rings. The second kappa shape index (κ2) is 19.5. The Kier molecular flexibility index (Phi) is 15.1. The molecule has 0 aliphatic heterocycles. The Bertz CT molecular complexity index is 1960. The van der Waals surface area contributed by atoms with E-state index in [9.17, 15) is 24.2 Å². The number of methoxy groups -OCH3 is 1. The summed E-state index contributed by atoms with van der Waals surface area (Å²) in [6.45, 7) is 8.82.